The molecule has 0 aliphatic heterocycles. The molecule has 0 spiro atoms. The van der Waals surface area contributed by atoms with Gasteiger partial charge in [-0.3, -0.25) is 24.0 Å². The normalized spacial score (nSPS) is 16.2. The van der Waals surface area contributed by atoms with E-state index in [2.05, 4.69) is 0 Å². The lowest BCUT2D eigenvalue weighted by Gasteiger charge is -2.49. The Balaban J connectivity index is 5.57. The summed E-state index contributed by atoms with van der Waals surface area (Å²) in [6.07, 6.45) is 4.24. The Kier molecular flexibility index (Phi) is 14.2. The highest BCUT2D eigenvalue weighted by Crippen LogP contribution is 2.54. The molecule has 0 radical (unpaired) electrons. The molecule has 9 heteroatoms. The summed E-state index contributed by atoms with van der Waals surface area (Å²) in [5, 5.41) is 38.9. The van der Waals surface area contributed by atoms with Crippen LogP contribution < -0.4 is 0 Å². The Morgan fingerprint density at radius 3 is 1.42 bits per heavy atom. The fourth-order valence-electron chi connectivity index (χ4n) is 6.20. The van der Waals surface area contributed by atoms with Crippen molar-refractivity contribution < 1.29 is 44.4 Å². The van der Waals surface area contributed by atoms with E-state index in [-0.39, 0.29) is 31.6 Å². The highest BCUT2D eigenvalue weighted by molar-refractivity contribution is 6.07. The van der Waals surface area contributed by atoms with Gasteiger partial charge in [-0.05, 0) is 77.0 Å². The Bertz CT molecular complexity index is 820. The van der Waals surface area contributed by atoms with Gasteiger partial charge < -0.3 is 20.4 Å². The average molecular weight is 543 g/mol. The van der Waals surface area contributed by atoms with Gasteiger partial charge in [0.1, 0.15) is 11.8 Å². The van der Waals surface area contributed by atoms with Crippen LogP contribution in [0.2, 0.25) is 0 Å². The number of rotatable bonds is 21. The van der Waals surface area contributed by atoms with Crippen LogP contribution in [0.3, 0.4) is 0 Å². The predicted molar refractivity (Wildman–Crippen MR) is 144 cm³/mol. The summed E-state index contributed by atoms with van der Waals surface area (Å²) in [4.78, 5) is 60.7. The summed E-state index contributed by atoms with van der Waals surface area (Å²) in [5.74, 6) is -8.68. The molecule has 0 rings (SSSR count). The topological polar surface area (TPSA) is 166 Å². The first-order valence-corrected chi connectivity index (χ1v) is 14.0. The van der Waals surface area contributed by atoms with E-state index in [1.807, 2.05) is 27.7 Å². The smallest absolute Gasteiger partial charge is 0.314 e. The van der Waals surface area contributed by atoms with E-state index in [1.54, 1.807) is 20.8 Å². The van der Waals surface area contributed by atoms with Crippen molar-refractivity contribution in [3.8, 4) is 0 Å². The van der Waals surface area contributed by atoms with Crippen LogP contribution >= 0.6 is 0 Å². The summed E-state index contributed by atoms with van der Waals surface area (Å²) in [6.45, 7) is 12.8. The number of carbonyl (C=O) groups excluding carboxylic acids is 1. The molecule has 4 N–H and O–H groups in total. The van der Waals surface area contributed by atoms with E-state index in [1.165, 1.54) is 0 Å². The average Bonchev–Trinajstić information content (AvgIpc) is 2.84. The lowest BCUT2D eigenvalue weighted by Crippen LogP contribution is -2.50. The zero-order valence-electron chi connectivity index (χ0n) is 24.3. The maximum Gasteiger partial charge on any atom is 0.314 e. The van der Waals surface area contributed by atoms with Gasteiger partial charge in [-0.25, -0.2) is 0 Å². The zero-order valence-corrected chi connectivity index (χ0v) is 24.3. The molecular formula is C29H50O9. The van der Waals surface area contributed by atoms with Crippen molar-refractivity contribution in [3.63, 3.8) is 0 Å². The van der Waals surface area contributed by atoms with Crippen LogP contribution in [-0.4, -0.2) is 50.1 Å². The van der Waals surface area contributed by atoms with E-state index >= 15 is 0 Å². The SMILES string of the molecule is CCC(CCCC(C(=O)O)C(=O)C(CCCCC(C)(C)C(=O)O)C(=O)O)C(C)(C(=O)O)C(CC)(CC)CC. The fourth-order valence-corrected chi connectivity index (χ4v) is 6.20. The van der Waals surface area contributed by atoms with Crippen LogP contribution in [0, 0.1) is 34.0 Å². The number of carboxylic acid groups (broad SMARTS) is 4. The van der Waals surface area contributed by atoms with Crippen LogP contribution in [0.25, 0.3) is 0 Å². The highest BCUT2D eigenvalue weighted by atomic mass is 16.4. The van der Waals surface area contributed by atoms with Gasteiger partial charge in [-0.2, -0.15) is 0 Å². The molecule has 0 saturated carbocycles. The number of ketones is 1. The summed E-state index contributed by atoms with van der Waals surface area (Å²) in [7, 11) is 0. The van der Waals surface area contributed by atoms with Gasteiger partial charge in [-0.15, -0.1) is 0 Å². The second kappa shape index (κ2) is 15.2. The number of aliphatic carboxylic acids is 4. The Morgan fingerprint density at radius 2 is 1.08 bits per heavy atom. The largest absolute Gasteiger partial charge is 0.481 e. The van der Waals surface area contributed by atoms with Gasteiger partial charge in [0.25, 0.3) is 0 Å². The van der Waals surface area contributed by atoms with Crippen LogP contribution in [0.5, 0.6) is 0 Å². The third kappa shape index (κ3) is 8.27. The monoisotopic (exact) mass is 542 g/mol. The van der Waals surface area contributed by atoms with Gasteiger partial charge >= 0.3 is 23.9 Å². The van der Waals surface area contributed by atoms with E-state index in [9.17, 15) is 44.4 Å². The van der Waals surface area contributed by atoms with Crippen molar-refractivity contribution >= 4 is 29.7 Å². The first-order valence-electron chi connectivity index (χ1n) is 14.0. The molecule has 0 aromatic carbocycles. The molecule has 9 nitrogen and oxygen atoms in total. The molecular weight excluding hydrogens is 492 g/mol. The number of Topliss-reactive ketones (excluding diaryl/α,β-unsaturated/α-hetero) is 1. The molecule has 4 atom stereocenters. The van der Waals surface area contributed by atoms with Gasteiger partial charge in [-0.1, -0.05) is 53.4 Å². The lowest BCUT2D eigenvalue weighted by atomic mass is 9.53. The maximum atomic E-state index is 13.0. The minimum atomic E-state index is -1.49. The Labute approximate surface area is 227 Å². The number of hydrogen-bond donors (Lipinski definition) is 4. The zero-order chi connectivity index (χ0) is 29.9. The molecule has 38 heavy (non-hydrogen) atoms. The van der Waals surface area contributed by atoms with E-state index in [4.69, 9.17) is 0 Å². The molecule has 4 unspecified atom stereocenters. The summed E-state index contributed by atoms with van der Waals surface area (Å²) >= 11 is 0. The fraction of sp³-hybridized carbons (Fsp3) is 0.828. The number of unbranched alkanes of at least 4 members (excludes halogenated alkanes) is 1. The van der Waals surface area contributed by atoms with Crippen molar-refractivity contribution in [2.24, 2.45) is 34.0 Å². The molecule has 0 aliphatic carbocycles. The molecule has 0 saturated heterocycles. The third-order valence-corrected chi connectivity index (χ3v) is 9.34. The molecule has 0 aromatic rings. The maximum absolute atomic E-state index is 13.0. The van der Waals surface area contributed by atoms with Gasteiger partial charge in [0, 0.05) is 0 Å². The van der Waals surface area contributed by atoms with Crippen molar-refractivity contribution in [3.05, 3.63) is 0 Å². The minimum Gasteiger partial charge on any atom is -0.481 e. The van der Waals surface area contributed by atoms with E-state index in [0.29, 0.717) is 44.9 Å². The van der Waals surface area contributed by atoms with Crippen molar-refractivity contribution in [2.75, 3.05) is 0 Å². The number of hydrogen-bond acceptors (Lipinski definition) is 5. The number of carboxylic acids is 4. The van der Waals surface area contributed by atoms with Gasteiger partial charge in [0.2, 0.25) is 0 Å². The third-order valence-electron chi connectivity index (χ3n) is 9.34. The minimum absolute atomic E-state index is 0.0612. The summed E-state index contributed by atoms with van der Waals surface area (Å²) < 4.78 is 0. The first kappa shape index (κ1) is 35.5. The first-order chi connectivity index (χ1) is 17.5. The molecule has 0 heterocycles. The van der Waals surface area contributed by atoms with Crippen molar-refractivity contribution in [1.29, 1.82) is 0 Å². The Morgan fingerprint density at radius 1 is 0.632 bits per heavy atom. The van der Waals surface area contributed by atoms with Crippen LogP contribution in [0.4, 0.5) is 0 Å². The van der Waals surface area contributed by atoms with E-state index < -0.39 is 57.7 Å². The standard InChI is InChI=1S/C29H50O9/c1-8-19(28(7,26(37)38)29(9-2,10-3)11-4)15-14-17-21(24(33)34)22(30)20(23(31)32)16-12-13-18-27(5,6)25(35)36/h19-21H,8-18H2,1-7H3,(H,31,32)(H,33,34)(H,35,36)(H,37,38). The highest BCUT2D eigenvalue weighted by Gasteiger charge is 2.54. The van der Waals surface area contributed by atoms with Crippen LogP contribution in [0.15, 0.2) is 0 Å². The van der Waals surface area contributed by atoms with Crippen LogP contribution in [0.1, 0.15) is 119 Å². The molecule has 0 amide bonds. The molecule has 0 aliphatic rings. The predicted octanol–water partition coefficient (Wildman–Crippen LogP) is 6.13. The summed E-state index contributed by atoms with van der Waals surface area (Å²) in [5.41, 5.74) is -2.43. The Hall–Kier alpha value is -2.45. The van der Waals surface area contributed by atoms with Crippen molar-refractivity contribution in [1.82, 2.24) is 0 Å². The lowest BCUT2D eigenvalue weighted by molar-refractivity contribution is -0.166. The molecule has 220 valence electrons. The van der Waals surface area contributed by atoms with Gasteiger partial charge in [0.05, 0.1) is 10.8 Å². The molecule has 0 bridgehead atoms. The number of carbonyl (C=O) groups is 5. The molecule has 0 fully saturated rings. The summed E-state index contributed by atoms with van der Waals surface area (Å²) in [6, 6.07) is 0. The van der Waals surface area contributed by atoms with Crippen molar-refractivity contribution in [2.45, 2.75) is 119 Å². The van der Waals surface area contributed by atoms with Crippen LogP contribution in [-0.2, 0) is 24.0 Å². The van der Waals surface area contributed by atoms with Gasteiger partial charge in [0.15, 0.2) is 5.78 Å². The van der Waals surface area contributed by atoms with E-state index in [0.717, 1.165) is 0 Å². The second-order valence-corrected chi connectivity index (χ2v) is 11.5. The second-order valence-electron chi connectivity index (χ2n) is 11.5. The molecule has 0 aromatic heterocycles. The quantitative estimate of drug-likeness (QED) is 0.0984.